The summed E-state index contributed by atoms with van der Waals surface area (Å²) in [5.74, 6) is 0.119. The highest BCUT2D eigenvalue weighted by molar-refractivity contribution is 7.89. The van der Waals surface area contributed by atoms with Crippen LogP contribution in [0.4, 0.5) is 0 Å². The molecule has 0 aliphatic carbocycles. The molecule has 0 radical (unpaired) electrons. The average Bonchev–Trinajstić information content (AvgIpc) is 3.52. The summed E-state index contributed by atoms with van der Waals surface area (Å²) < 4.78 is 39.2. The van der Waals surface area contributed by atoms with Gasteiger partial charge in [0.25, 0.3) is 0 Å². The number of benzene rings is 1. The van der Waals surface area contributed by atoms with Gasteiger partial charge in [0.05, 0.1) is 18.4 Å². The van der Waals surface area contributed by atoms with Crippen molar-refractivity contribution in [1.29, 1.82) is 0 Å². The molecule has 4 rings (SSSR count). The Hall–Kier alpha value is -2.69. The zero-order valence-corrected chi connectivity index (χ0v) is 18.9. The third-order valence-corrected chi connectivity index (χ3v) is 7.92. The first-order valence-electron chi connectivity index (χ1n) is 9.81. The van der Waals surface area contributed by atoms with Crippen molar-refractivity contribution in [3.8, 4) is 16.3 Å². The van der Waals surface area contributed by atoms with Crippen LogP contribution in [0.3, 0.4) is 0 Å². The van der Waals surface area contributed by atoms with E-state index in [0.717, 1.165) is 29.2 Å². The van der Waals surface area contributed by atoms with Crippen LogP contribution in [-0.2, 0) is 28.4 Å². The maximum atomic E-state index is 12.7. The number of hydrogen-bond donors (Lipinski definition) is 0. The molecule has 1 aromatic carbocycles. The predicted molar refractivity (Wildman–Crippen MR) is 117 cm³/mol. The van der Waals surface area contributed by atoms with Gasteiger partial charge in [-0.3, -0.25) is 0 Å². The molecule has 0 unspecified atom stereocenters. The van der Waals surface area contributed by atoms with Crippen LogP contribution in [0.5, 0.6) is 5.75 Å². The van der Waals surface area contributed by atoms with Crippen LogP contribution in [0.2, 0.25) is 0 Å². The van der Waals surface area contributed by atoms with Crippen LogP contribution in [0, 0.1) is 0 Å². The number of rotatable bonds is 7. The van der Waals surface area contributed by atoms with E-state index in [1.807, 2.05) is 29.6 Å². The molecular formula is C21H23N3O5S2. The van der Waals surface area contributed by atoms with Crippen LogP contribution in [0.1, 0.15) is 29.0 Å². The molecule has 1 saturated heterocycles. The second-order valence-corrected chi connectivity index (χ2v) is 10.00. The fourth-order valence-electron chi connectivity index (χ4n) is 3.49. The highest BCUT2D eigenvalue weighted by Gasteiger charge is 2.29. The lowest BCUT2D eigenvalue weighted by molar-refractivity contribution is 0.0457. The molecule has 0 N–H and O–H groups in total. The maximum absolute atomic E-state index is 12.7. The lowest BCUT2D eigenvalue weighted by Gasteiger charge is -2.13. The van der Waals surface area contributed by atoms with Crippen molar-refractivity contribution in [1.82, 2.24) is 13.9 Å². The summed E-state index contributed by atoms with van der Waals surface area (Å²) >= 11 is 1.43. The van der Waals surface area contributed by atoms with Crippen molar-refractivity contribution in [3.05, 3.63) is 53.3 Å². The molecule has 31 heavy (non-hydrogen) atoms. The van der Waals surface area contributed by atoms with Crippen molar-refractivity contribution in [2.45, 2.75) is 24.3 Å². The highest BCUT2D eigenvalue weighted by atomic mass is 32.2. The molecule has 3 aromatic rings. The molecule has 0 amide bonds. The molecule has 3 heterocycles. The summed E-state index contributed by atoms with van der Waals surface area (Å²) in [4.78, 5) is 17.2. The predicted octanol–water partition coefficient (Wildman–Crippen LogP) is 3.30. The van der Waals surface area contributed by atoms with Crippen LogP contribution >= 0.6 is 11.3 Å². The van der Waals surface area contributed by atoms with E-state index < -0.39 is 16.0 Å². The van der Waals surface area contributed by atoms with Crippen LogP contribution in [0.25, 0.3) is 10.6 Å². The van der Waals surface area contributed by atoms with Gasteiger partial charge >= 0.3 is 5.97 Å². The molecule has 1 fully saturated rings. The van der Waals surface area contributed by atoms with Crippen molar-refractivity contribution >= 4 is 27.3 Å². The Labute approximate surface area is 185 Å². The van der Waals surface area contributed by atoms with E-state index in [1.165, 1.54) is 32.5 Å². The van der Waals surface area contributed by atoms with Gasteiger partial charge in [0, 0.05) is 31.7 Å². The van der Waals surface area contributed by atoms with Gasteiger partial charge in [-0.25, -0.2) is 18.2 Å². The Bertz CT molecular complexity index is 1190. The van der Waals surface area contributed by atoms with E-state index in [9.17, 15) is 13.2 Å². The lowest BCUT2D eigenvalue weighted by atomic mass is 10.2. The van der Waals surface area contributed by atoms with E-state index in [4.69, 9.17) is 9.47 Å². The first kappa shape index (κ1) is 21.5. The van der Waals surface area contributed by atoms with Crippen molar-refractivity contribution in [3.63, 3.8) is 0 Å². The van der Waals surface area contributed by atoms with Crippen LogP contribution in [0.15, 0.2) is 46.8 Å². The second-order valence-electron chi connectivity index (χ2n) is 7.20. The molecule has 0 atom stereocenters. The monoisotopic (exact) mass is 461 g/mol. The van der Waals surface area contributed by atoms with Crippen molar-refractivity contribution < 1.29 is 22.7 Å². The van der Waals surface area contributed by atoms with Crippen LogP contribution in [-0.4, -0.2) is 48.4 Å². The average molecular weight is 462 g/mol. The number of nitrogens with zero attached hydrogens (tertiary/aromatic N) is 3. The highest BCUT2D eigenvalue weighted by Crippen LogP contribution is 2.32. The molecule has 1 aliphatic heterocycles. The lowest BCUT2D eigenvalue weighted by Crippen LogP contribution is -2.27. The second kappa shape index (κ2) is 8.81. The Morgan fingerprint density at radius 3 is 2.71 bits per heavy atom. The molecule has 8 nitrogen and oxygen atoms in total. The molecule has 2 aromatic heterocycles. The number of carbonyl (C=O) groups excluding carboxylic acids is 1. The molecule has 0 saturated carbocycles. The Balaban J connectivity index is 1.45. The summed E-state index contributed by atoms with van der Waals surface area (Å²) in [6, 6.07) is 8.94. The van der Waals surface area contributed by atoms with E-state index in [1.54, 1.807) is 14.2 Å². The summed E-state index contributed by atoms with van der Waals surface area (Å²) in [6.45, 7) is 1.01. The van der Waals surface area contributed by atoms with Crippen LogP contribution < -0.4 is 4.74 Å². The standard InChI is InChI=1S/C21H23N3O5S2/c1-23-12-16(31(26,27)24-9-5-6-10-24)11-18(23)21(25)29-13-15-14-30-20(22-15)17-7-3-4-8-19(17)28-2/h3-4,7-8,11-12,14H,5-6,9-10,13H2,1-2H3. The van der Waals surface area contributed by atoms with Gasteiger partial charge in [-0.15, -0.1) is 11.3 Å². The molecule has 164 valence electrons. The van der Waals surface area contributed by atoms with E-state index in [-0.39, 0.29) is 17.2 Å². The topological polar surface area (TPSA) is 90.7 Å². The Morgan fingerprint density at radius 1 is 1.23 bits per heavy atom. The van der Waals surface area contributed by atoms with Crippen molar-refractivity contribution in [2.75, 3.05) is 20.2 Å². The normalized spacial score (nSPS) is 14.6. The van der Waals surface area contributed by atoms with Gasteiger partial charge in [0.15, 0.2) is 0 Å². The molecule has 0 spiro atoms. The quantitative estimate of drug-likeness (QED) is 0.502. The van der Waals surface area contributed by atoms with Crippen molar-refractivity contribution in [2.24, 2.45) is 7.05 Å². The number of aryl methyl sites for hydroxylation is 1. The summed E-state index contributed by atoms with van der Waals surface area (Å²) in [5, 5.41) is 2.59. The van der Waals surface area contributed by atoms with E-state index in [2.05, 4.69) is 4.98 Å². The number of hydrogen-bond acceptors (Lipinski definition) is 7. The zero-order chi connectivity index (χ0) is 22.0. The number of aromatic nitrogens is 2. The summed E-state index contributed by atoms with van der Waals surface area (Å²) in [7, 11) is -0.361. The Kier molecular flexibility index (Phi) is 6.12. The fourth-order valence-corrected chi connectivity index (χ4v) is 5.91. The number of ether oxygens (including phenoxy) is 2. The van der Waals surface area contributed by atoms with Gasteiger partial charge < -0.3 is 14.0 Å². The number of esters is 1. The summed E-state index contributed by atoms with van der Waals surface area (Å²) in [5.41, 5.74) is 1.66. The van der Waals surface area contributed by atoms with Gasteiger partial charge in [-0.05, 0) is 31.0 Å². The third-order valence-electron chi connectivity index (χ3n) is 5.13. The minimum atomic E-state index is -3.59. The number of sulfonamides is 1. The minimum Gasteiger partial charge on any atom is -0.496 e. The zero-order valence-electron chi connectivity index (χ0n) is 17.3. The smallest absolute Gasteiger partial charge is 0.355 e. The molecule has 1 aliphatic rings. The number of carbonyl (C=O) groups is 1. The number of methoxy groups -OCH3 is 1. The van der Waals surface area contributed by atoms with Gasteiger partial charge in [0.2, 0.25) is 10.0 Å². The Morgan fingerprint density at radius 2 is 1.97 bits per heavy atom. The number of para-hydroxylation sites is 1. The largest absolute Gasteiger partial charge is 0.496 e. The first-order chi connectivity index (χ1) is 14.9. The molecule has 10 heteroatoms. The van der Waals surface area contributed by atoms with Gasteiger partial charge in [-0.2, -0.15) is 4.31 Å². The molecular weight excluding hydrogens is 438 g/mol. The number of thiazole rings is 1. The third kappa shape index (κ3) is 4.36. The minimum absolute atomic E-state index is 0.0100. The maximum Gasteiger partial charge on any atom is 0.355 e. The molecule has 0 bridgehead atoms. The van der Waals surface area contributed by atoms with E-state index in [0.29, 0.717) is 18.8 Å². The fraction of sp³-hybridized carbons (Fsp3) is 0.333. The summed E-state index contributed by atoms with van der Waals surface area (Å²) in [6.07, 6.45) is 3.16. The first-order valence-corrected chi connectivity index (χ1v) is 12.1. The van der Waals surface area contributed by atoms with Gasteiger partial charge in [0.1, 0.15) is 28.0 Å². The van der Waals surface area contributed by atoms with Gasteiger partial charge in [-0.1, -0.05) is 12.1 Å². The van der Waals surface area contributed by atoms with E-state index >= 15 is 0 Å². The SMILES string of the molecule is COc1ccccc1-c1nc(COC(=O)c2cc(S(=O)(=O)N3CCCC3)cn2C)cs1.